The zero-order chi connectivity index (χ0) is 22.0. The Morgan fingerprint density at radius 2 is 1.77 bits per heavy atom. The number of carbonyl (C=O) groups excluding carboxylic acids is 1. The van der Waals surface area contributed by atoms with Crippen LogP contribution in [0.3, 0.4) is 0 Å². The van der Waals surface area contributed by atoms with Crippen LogP contribution in [-0.2, 0) is 9.53 Å². The Morgan fingerprint density at radius 1 is 1.06 bits per heavy atom. The highest BCUT2D eigenvalue weighted by Crippen LogP contribution is 2.41. The van der Waals surface area contributed by atoms with Gasteiger partial charge in [-0.25, -0.2) is 4.99 Å². The number of carbonyl (C=O) groups is 1. The molecule has 31 heavy (non-hydrogen) atoms. The third-order valence-corrected chi connectivity index (χ3v) is 5.87. The molecule has 0 spiro atoms. The summed E-state index contributed by atoms with van der Waals surface area (Å²) >= 11 is 3.59. The minimum atomic E-state index is -0.308. The highest BCUT2D eigenvalue weighted by Gasteiger charge is 2.33. The van der Waals surface area contributed by atoms with E-state index in [1.54, 1.807) is 0 Å². The number of ether oxygens (including phenoxy) is 1. The van der Waals surface area contributed by atoms with Crippen LogP contribution in [0.5, 0.6) is 0 Å². The van der Waals surface area contributed by atoms with Gasteiger partial charge in [0.15, 0.2) is 0 Å². The fourth-order valence-electron chi connectivity index (χ4n) is 3.82. The Balaban J connectivity index is 1.90. The van der Waals surface area contributed by atoms with Crippen molar-refractivity contribution in [3.8, 4) is 0 Å². The van der Waals surface area contributed by atoms with E-state index in [-0.39, 0.29) is 18.6 Å². The molecule has 0 saturated heterocycles. The van der Waals surface area contributed by atoms with Gasteiger partial charge in [-0.05, 0) is 48.0 Å². The van der Waals surface area contributed by atoms with E-state index in [4.69, 9.17) is 9.73 Å². The van der Waals surface area contributed by atoms with Crippen molar-refractivity contribution in [2.24, 2.45) is 4.99 Å². The summed E-state index contributed by atoms with van der Waals surface area (Å²) in [5.41, 5.74) is 5.07. The number of esters is 1. The Morgan fingerprint density at radius 3 is 2.42 bits per heavy atom. The Bertz CT molecular complexity index is 1110. The molecule has 1 aliphatic rings. The first-order valence-corrected chi connectivity index (χ1v) is 10.8. The predicted octanol–water partition coefficient (Wildman–Crippen LogP) is 5.17. The van der Waals surface area contributed by atoms with Crippen LogP contribution < -0.4 is 4.90 Å². The van der Waals surface area contributed by atoms with Crippen LogP contribution in [0.1, 0.15) is 22.7 Å². The number of rotatable bonds is 5. The topological polar surface area (TPSA) is 45.1 Å². The normalized spacial score (nSPS) is 15.2. The number of amidine groups is 1. The number of hydrogen-bond donors (Lipinski definition) is 0. The van der Waals surface area contributed by atoms with Gasteiger partial charge in [0, 0.05) is 35.4 Å². The minimum Gasteiger partial charge on any atom is -0.468 e. The van der Waals surface area contributed by atoms with Crippen molar-refractivity contribution in [1.82, 2.24) is 4.90 Å². The van der Waals surface area contributed by atoms with E-state index in [2.05, 4.69) is 51.2 Å². The van der Waals surface area contributed by atoms with Crippen molar-refractivity contribution in [3.63, 3.8) is 0 Å². The lowest BCUT2D eigenvalue weighted by molar-refractivity contribution is -0.141. The molecule has 158 valence electrons. The number of methoxy groups -OCH3 is 1. The molecule has 0 aromatic heterocycles. The lowest BCUT2D eigenvalue weighted by Gasteiger charge is -2.38. The van der Waals surface area contributed by atoms with Gasteiger partial charge in [-0.1, -0.05) is 46.3 Å². The zero-order valence-corrected chi connectivity index (χ0v) is 19.3. The quantitative estimate of drug-likeness (QED) is 0.475. The van der Waals surface area contributed by atoms with E-state index in [1.807, 2.05) is 61.5 Å². The summed E-state index contributed by atoms with van der Waals surface area (Å²) < 4.78 is 6.00. The third kappa shape index (κ3) is 4.35. The molecule has 3 aromatic carbocycles. The van der Waals surface area contributed by atoms with E-state index in [9.17, 15) is 4.79 Å². The summed E-state index contributed by atoms with van der Waals surface area (Å²) in [6.45, 7) is 0.0935. The zero-order valence-electron chi connectivity index (χ0n) is 17.7. The van der Waals surface area contributed by atoms with E-state index in [0.29, 0.717) is 0 Å². The van der Waals surface area contributed by atoms with Crippen LogP contribution in [-0.4, -0.2) is 44.5 Å². The Kier molecular flexibility index (Phi) is 6.09. The second-order valence-electron chi connectivity index (χ2n) is 7.60. The first kappa shape index (κ1) is 21.1. The van der Waals surface area contributed by atoms with Crippen LogP contribution in [0, 0.1) is 0 Å². The highest BCUT2D eigenvalue weighted by atomic mass is 79.9. The fourth-order valence-corrected chi connectivity index (χ4v) is 4.20. The Hall–Kier alpha value is -3.12. The number of halogens is 1. The number of benzene rings is 3. The van der Waals surface area contributed by atoms with Crippen molar-refractivity contribution in [2.45, 2.75) is 6.04 Å². The Labute approximate surface area is 191 Å². The van der Waals surface area contributed by atoms with E-state index < -0.39 is 0 Å². The van der Waals surface area contributed by atoms with Crippen molar-refractivity contribution >= 4 is 39.1 Å². The van der Waals surface area contributed by atoms with Crippen LogP contribution in [0.25, 0.3) is 0 Å². The summed E-state index contributed by atoms with van der Waals surface area (Å²) in [4.78, 5) is 21.5. The van der Waals surface area contributed by atoms with Gasteiger partial charge in [-0.3, -0.25) is 4.79 Å². The average Bonchev–Trinajstić information content (AvgIpc) is 2.79. The van der Waals surface area contributed by atoms with Gasteiger partial charge in [-0.2, -0.15) is 0 Å². The summed E-state index contributed by atoms with van der Waals surface area (Å²) in [6.07, 6.45) is 0. The maximum Gasteiger partial charge on any atom is 0.325 e. The van der Waals surface area contributed by atoms with Crippen molar-refractivity contribution < 1.29 is 9.53 Å². The van der Waals surface area contributed by atoms with Gasteiger partial charge >= 0.3 is 5.97 Å². The standard InChI is InChI=1S/C25H24BrN3O2/c1-28(2)20-12-9-18(10-13-20)25-27-22-14-11-19(26)15-21(22)24(17-7-5-4-6-8-17)29(25)16-23(30)31-3/h4-15,24H,16H2,1-3H3/t24-/m1/s1. The SMILES string of the molecule is COC(=O)CN1C(c2ccc(N(C)C)cc2)=Nc2ccc(Br)cc2[C@H]1c1ccccc1. The predicted molar refractivity (Wildman–Crippen MR) is 128 cm³/mol. The number of anilines is 1. The molecule has 5 nitrogen and oxygen atoms in total. The molecule has 0 amide bonds. The first-order chi connectivity index (χ1) is 15.0. The molecular weight excluding hydrogens is 454 g/mol. The van der Waals surface area contributed by atoms with Crippen LogP contribution in [0.15, 0.2) is 82.3 Å². The maximum absolute atomic E-state index is 12.4. The molecule has 1 aliphatic heterocycles. The molecule has 0 unspecified atom stereocenters. The fraction of sp³-hybridized carbons (Fsp3) is 0.200. The van der Waals surface area contributed by atoms with Crippen molar-refractivity contribution in [1.29, 1.82) is 0 Å². The molecule has 0 aliphatic carbocycles. The molecule has 4 rings (SSSR count). The molecule has 6 heteroatoms. The third-order valence-electron chi connectivity index (χ3n) is 5.38. The molecule has 0 bridgehead atoms. The summed E-state index contributed by atoms with van der Waals surface area (Å²) in [6, 6.07) is 24.3. The second-order valence-corrected chi connectivity index (χ2v) is 8.51. The maximum atomic E-state index is 12.4. The van der Waals surface area contributed by atoms with Gasteiger partial charge in [0.05, 0.1) is 18.8 Å². The largest absolute Gasteiger partial charge is 0.468 e. The minimum absolute atomic E-state index is 0.0935. The van der Waals surface area contributed by atoms with Gasteiger partial charge in [0.2, 0.25) is 0 Å². The summed E-state index contributed by atoms with van der Waals surface area (Å²) in [7, 11) is 5.43. The number of hydrogen-bond acceptors (Lipinski definition) is 5. The number of fused-ring (bicyclic) bond motifs is 1. The van der Waals surface area contributed by atoms with Crippen molar-refractivity contribution in [2.75, 3.05) is 32.6 Å². The second kappa shape index (κ2) is 8.94. The summed E-state index contributed by atoms with van der Waals surface area (Å²) in [5.74, 6) is 0.441. The molecule has 1 atom stereocenters. The monoisotopic (exact) mass is 477 g/mol. The molecule has 1 heterocycles. The lowest BCUT2D eigenvalue weighted by Crippen LogP contribution is -2.42. The first-order valence-electron chi connectivity index (χ1n) is 10.0. The van der Waals surface area contributed by atoms with Gasteiger partial charge in [-0.15, -0.1) is 0 Å². The molecule has 0 radical (unpaired) electrons. The smallest absolute Gasteiger partial charge is 0.325 e. The molecule has 0 fully saturated rings. The number of aliphatic imine (C=N–C) groups is 1. The number of nitrogens with zero attached hydrogens (tertiary/aromatic N) is 3. The highest BCUT2D eigenvalue weighted by molar-refractivity contribution is 9.10. The lowest BCUT2D eigenvalue weighted by atomic mass is 9.93. The molecule has 0 saturated carbocycles. The van der Waals surface area contributed by atoms with Crippen molar-refractivity contribution in [3.05, 3.63) is 94.0 Å². The molecule has 0 N–H and O–H groups in total. The van der Waals surface area contributed by atoms with Crippen LogP contribution in [0.2, 0.25) is 0 Å². The average molecular weight is 478 g/mol. The summed E-state index contributed by atoms with van der Waals surface area (Å²) in [5, 5.41) is 0. The molecule has 3 aromatic rings. The molecular formula is C25H24BrN3O2. The van der Waals surface area contributed by atoms with Gasteiger partial charge in [0.1, 0.15) is 12.4 Å². The van der Waals surface area contributed by atoms with Crippen LogP contribution in [0.4, 0.5) is 11.4 Å². The van der Waals surface area contributed by atoms with Crippen LogP contribution >= 0.6 is 15.9 Å². The van der Waals surface area contributed by atoms with E-state index >= 15 is 0 Å². The van der Waals surface area contributed by atoms with Gasteiger partial charge in [0.25, 0.3) is 0 Å². The van der Waals surface area contributed by atoms with E-state index in [1.165, 1.54) is 7.11 Å². The van der Waals surface area contributed by atoms with E-state index in [0.717, 1.165) is 38.4 Å². The van der Waals surface area contributed by atoms with Gasteiger partial charge < -0.3 is 14.5 Å².